The lowest BCUT2D eigenvalue weighted by molar-refractivity contribution is -0.168. The molecule has 0 saturated carbocycles. The summed E-state index contributed by atoms with van der Waals surface area (Å²) in [7, 11) is 0. The second-order valence-electron chi connectivity index (χ2n) is 3.87. The van der Waals surface area contributed by atoms with Crippen molar-refractivity contribution in [2.45, 2.75) is 12.6 Å². The van der Waals surface area contributed by atoms with Crippen molar-refractivity contribution in [2.24, 2.45) is 5.92 Å². The number of rotatable bonds is 1. The lowest BCUT2D eigenvalue weighted by Gasteiger charge is -2.20. The summed E-state index contributed by atoms with van der Waals surface area (Å²) in [5, 5.41) is 0.0606. The van der Waals surface area contributed by atoms with E-state index in [0.717, 1.165) is 0 Å². The SMILES string of the molecule is Nc1c(Cl)ncnc1N1CCC(C(F)(F)F)C1. The van der Waals surface area contributed by atoms with Crippen molar-refractivity contribution in [3.63, 3.8) is 0 Å². The van der Waals surface area contributed by atoms with Crippen LogP contribution in [0.25, 0.3) is 0 Å². The molecule has 0 spiro atoms. The molecule has 2 heterocycles. The van der Waals surface area contributed by atoms with E-state index in [2.05, 4.69) is 9.97 Å². The van der Waals surface area contributed by atoms with Gasteiger partial charge in [-0.3, -0.25) is 0 Å². The Morgan fingerprint density at radius 3 is 2.71 bits per heavy atom. The lowest BCUT2D eigenvalue weighted by Crippen LogP contribution is -2.28. The van der Waals surface area contributed by atoms with Crippen molar-refractivity contribution < 1.29 is 13.2 Å². The maximum atomic E-state index is 12.5. The molecular weight excluding hydrogens is 257 g/mol. The molecule has 17 heavy (non-hydrogen) atoms. The molecule has 1 saturated heterocycles. The van der Waals surface area contributed by atoms with Crippen LogP contribution in [-0.4, -0.2) is 29.2 Å². The molecule has 94 valence electrons. The molecular formula is C9H10ClF3N4. The third-order valence-corrected chi connectivity index (χ3v) is 3.07. The molecule has 1 aromatic heterocycles. The maximum absolute atomic E-state index is 12.5. The first-order chi connectivity index (χ1) is 7.89. The summed E-state index contributed by atoms with van der Waals surface area (Å²) in [6.07, 6.45) is -2.94. The fraction of sp³-hybridized carbons (Fsp3) is 0.556. The highest BCUT2D eigenvalue weighted by Gasteiger charge is 2.44. The maximum Gasteiger partial charge on any atom is 0.393 e. The van der Waals surface area contributed by atoms with Gasteiger partial charge in [-0.2, -0.15) is 13.2 Å². The summed E-state index contributed by atoms with van der Waals surface area (Å²) in [6, 6.07) is 0. The van der Waals surface area contributed by atoms with Crippen molar-refractivity contribution in [1.29, 1.82) is 0 Å². The molecule has 1 unspecified atom stereocenters. The molecule has 0 bridgehead atoms. The Bertz CT molecular complexity index is 423. The molecule has 2 rings (SSSR count). The van der Waals surface area contributed by atoms with Crippen molar-refractivity contribution in [3.05, 3.63) is 11.5 Å². The molecule has 4 nitrogen and oxygen atoms in total. The molecule has 1 aromatic rings. The molecule has 0 amide bonds. The van der Waals surface area contributed by atoms with Gasteiger partial charge in [0, 0.05) is 13.1 Å². The van der Waals surface area contributed by atoms with Crippen LogP contribution in [0, 0.1) is 5.92 Å². The van der Waals surface area contributed by atoms with Crippen LogP contribution >= 0.6 is 11.6 Å². The summed E-state index contributed by atoms with van der Waals surface area (Å²) < 4.78 is 37.5. The first-order valence-corrected chi connectivity index (χ1v) is 5.35. The molecule has 0 aliphatic carbocycles. The lowest BCUT2D eigenvalue weighted by atomic mass is 10.1. The number of alkyl halides is 3. The molecule has 1 fully saturated rings. The second-order valence-corrected chi connectivity index (χ2v) is 4.23. The fourth-order valence-electron chi connectivity index (χ4n) is 1.84. The van der Waals surface area contributed by atoms with Crippen molar-refractivity contribution in [2.75, 3.05) is 23.7 Å². The number of aromatic nitrogens is 2. The van der Waals surface area contributed by atoms with Gasteiger partial charge in [-0.05, 0) is 6.42 Å². The van der Waals surface area contributed by atoms with Gasteiger partial charge in [0.2, 0.25) is 0 Å². The van der Waals surface area contributed by atoms with E-state index in [-0.39, 0.29) is 36.2 Å². The number of nitrogen functional groups attached to an aromatic ring is 1. The summed E-state index contributed by atoms with van der Waals surface area (Å²) >= 11 is 5.69. The predicted molar refractivity (Wildman–Crippen MR) is 57.8 cm³/mol. The van der Waals surface area contributed by atoms with Gasteiger partial charge < -0.3 is 10.6 Å². The topological polar surface area (TPSA) is 55.0 Å². The molecule has 2 N–H and O–H groups in total. The number of nitrogens with two attached hydrogens (primary N) is 1. The third kappa shape index (κ3) is 2.38. The summed E-state index contributed by atoms with van der Waals surface area (Å²) in [4.78, 5) is 9.02. The van der Waals surface area contributed by atoms with Crippen LogP contribution in [0.5, 0.6) is 0 Å². The Morgan fingerprint density at radius 1 is 1.41 bits per heavy atom. The fourth-order valence-corrected chi connectivity index (χ4v) is 1.97. The zero-order valence-electron chi connectivity index (χ0n) is 8.71. The van der Waals surface area contributed by atoms with E-state index < -0.39 is 12.1 Å². The van der Waals surface area contributed by atoms with E-state index >= 15 is 0 Å². The third-order valence-electron chi connectivity index (χ3n) is 2.76. The standard InChI is InChI=1S/C9H10ClF3N4/c10-7-6(14)8(16-4-15-7)17-2-1-5(3-17)9(11,12)13/h4-5H,1-3,14H2. The van der Waals surface area contributed by atoms with E-state index in [0.29, 0.717) is 0 Å². The first kappa shape index (κ1) is 12.2. The Morgan fingerprint density at radius 2 is 2.12 bits per heavy atom. The van der Waals surface area contributed by atoms with Crippen LogP contribution in [0.3, 0.4) is 0 Å². The van der Waals surface area contributed by atoms with Crippen molar-refractivity contribution >= 4 is 23.1 Å². The van der Waals surface area contributed by atoms with E-state index in [4.69, 9.17) is 17.3 Å². The van der Waals surface area contributed by atoms with Crippen molar-refractivity contribution in [3.8, 4) is 0 Å². The van der Waals surface area contributed by atoms with Crippen molar-refractivity contribution in [1.82, 2.24) is 9.97 Å². The minimum absolute atomic E-state index is 0.0462. The average molecular weight is 267 g/mol. The van der Waals surface area contributed by atoms with Crippen LogP contribution in [0.2, 0.25) is 5.15 Å². The first-order valence-electron chi connectivity index (χ1n) is 4.97. The largest absolute Gasteiger partial charge is 0.393 e. The van der Waals surface area contributed by atoms with Crippen LogP contribution in [0.1, 0.15) is 6.42 Å². The predicted octanol–water partition coefficient (Wildman–Crippen LogP) is 2.10. The molecule has 0 radical (unpaired) electrons. The number of hydrogen-bond donors (Lipinski definition) is 1. The van der Waals surface area contributed by atoms with E-state index in [1.807, 2.05) is 0 Å². The minimum Gasteiger partial charge on any atom is -0.393 e. The number of anilines is 2. The normalized spacial score (nSPS) is 20.9. The number of nitrogens with zero attached hydrogens (tertiary/aromatic N) is 3. The van der Waals surface area contributed by atoms with Crippen LogP contribution in [0.4, 0.5) is 24.7 Å². The van der Waals surface area contributed by atoms with Gasteiger partial charge in [0.1, 0.15) is 12.0 Å². The zero-order valence-corrected chi connectivity index (χ0v) is 9.46. The van der Waals surface area contributed by atoms with Crippen LogP contribution in [0.15, 0.2) is 6.33 Å². The highest BCUT2D eigenvalue weighted by atomic mass is 35.5. The highest BCUT2D eigenvalue weighted by molar-refractivity contribution is 6.32. The van der Waals surface area contributed by atoms with Gasteiger partial charge in [-0.1, -0.05) is 11.6 Å². The summed E-state index contributed by atoms with van der Waals surface area (Å²) in [5.41, 5.74) is 5.76. The molecule has 1 aliphatic rings. The molecule has 8 heteroatoms. The monoisotopic (exact) mass is 266 g/mol. The van der Waals surface area contributed by atoms with E-state index in [1.165, 1.54) is 11.2 Å². The molecule has 1 atom stereocenters. The van der Waals surface area contributed by atoms with Gasteiger partial charge >= 0.3 is 6.18 Å². The minimum atomic E-state index is -4.18. The van der Waals surface area contributed by atoms with Gasteiger partial charge in [0.15, 0.2) is 11.0 Å². The quantitative estimate of drug-likeness (QED) is 0.791. The Hall–Kier alpha value is -1.24. The number of hydrogen-bond acceptors (Lipinski definition) is 4. The van der Waals surface area contributed by atoms with E-state index in [1.54, 1.807) is 0 Å². The van der Waals surface area contributed by atoms with Crippen LogP contribution in [-0.2, 0) is 0 Å². The van der Waals surface area contributed by atoms with Gasteiger partial charge in [0.05, 0.1) is 5.92 Å². The Kier molecular flexibility index (Phi) is 3.03. The number of halogens is 4. The summed E-state index contributed by atoms with van der Waals surface area (Å²) in [5.74, 6) is -1.06. The van der Waals surface area contributed by atoms with Crippen LogP contribution < -0.4 is 10.6 Å². The van der Waals surface area contributed by atoms with Gasteiger partial charge in [-0.15, -0.1) is 0 Å². The Labute approximate surface area is 101 Å². The summed E-state index contributed by atoms with van der Waals surface area (Å²) in [6.45, 7) is 0.128. The highest BCUT2D eigenvalue weighted by Crippen LogP contribution is 2.37. The van der Waals surface area contributed by atoms with Gasteiger partial charge in [-0.25, -0.2) is 9.97 Å². The smallest absolute Gasteiger partial charge is 0.393 e. The molecule has 1 aliphatic heterocycles. The Balaban J connectivity index is 2.18. The second kappa shape index (κ2) is 4.21. The van der Waals surface area contributed by atoms with E-state index in [9.17, 15) is 13.2 Å². The van der Waals surface area contributed by atoms with Gasteiger partial charge in [0.25, 0.3) is 0 Å². The zero-order chi connectivity index (χ0) is 12.6. The molecule has 0 aromatic carbocycles. The average Bonchev–Trinajstić information content (AvgIpc) is 2.70.